The van der Waals surface area contributed by atoms with Crippen molar-refractivity contribution in [2.24, 2.45) is 10.2 Å². The number of thioether (sulfide) groups is 1. The van der Waals surface area contributed by atoms with Crippen LogP contribution in [0.5, 0.6) is 0 Å². The maximum Gasteiger partial charge on any atom is 0.253 e. The lowest BCUT2D eigenvalue weighted by Gasteiger charge is -2.15. The molecule has 2 amide bonds. The van der Waals surface area contributed by atoms with Crippen molar-refractivity contribution in [2.75, 3.05) is 11.1 Å². The van der Waals surface area contributed by atoms with Gasteiger partial charge in [-0.1, -0.05) is 59.8 Å². The Bertz CT molecular complexity index is 1470. The zero-order chi connectivity index (χ0) is 27.6. The average molecular weight is 560 g/mol. The Balaban J connectivity index is 1.34. The van der Waals surface area contributed by atoms with E-state index >= 15 is 0 Å². The molecule has 39 heavy (non-hydrogen) atoms. The Labute approximate surface area is 235 Å². The molecule has 2 N–H and O–H groups in total. The number of azo groups is 1. The van der Waals surface area contributed by atoms with Crippen molar-refractivity contribution in [3.8, 4) is 0 Å². The second-order valence-corrected chi connectivity index (χ2v) is 9.68. The fourth-order valence-corrected chi connectivity index (χ4v) is 4.54. The van der Waals surface area contributed by atoms with E-state index in [1.807, 2.05) is 41.8 Å². The van der Waals surface area contributed by atoms with E-state index in [4.69, 9.17) is 11.6 Å². The molecule has 3 aromatic carbocycles. The second kappa shape index (κ2) is 13.5. The summed E-state index contributed by atoms with van der Waals surface area (Å²) in [6, 6.07) is 22.9. The Morgan fingerprint density at radius 1 is 1.00 bits per heavy atom. The van der Waals surface area contributed by atoms with E-state index in [1.54, 1.807) is 54.6 Å². The second-order valence-electron chi connectivity index (χ2n) is 8.33. The molecule has 0 aliphatic carbocycles. The molecule has 0 bridgehead atoms. The Hall–Kier alpha value is -4.28. The van der Waals surface area contributed by atoms with E-state index in [-0.39, 0.29) is 17.6 Å². The number of nitrogens with one attached hydrogen (secondary N) is 2. The van der Waals surface area contributed by atoms with Crippen molar-refractivity contribution in [3.63, 3.8) is 0 Å². The molecule has 4 aromatic rings. The third-order valence-corrected chi connectivity index (χ3v) is 6.73. The van der Waals surface area contributed by atoms with Crippen LogP contribution in [0.25, 0.3) is 0 Å². The number of rotatable bonds is 11. The molecule has 0 saturated carbocycles. The summed E-state index contributed by atoms with van der Waals surface area (Å²) in [6.45, 7) is 6.02. The monoisotopic (exact) mass is 559 g/mol. The van der Waals surface area contributed by atoms with Gasteiger partial charge >= 0.3 is 0 Å². The van der Waals surface area contributed by atoms with E-state index in [1.165, 1.54) is 11.8 Å². The molecule has 9 nitrogen and oxygen atoms in total. The number of allylic oxidation sites excluding steroid dienone is 1. The summed E-state index contributed by atoms with van der Waals surface area (Å²) in [6.07, 6.45) is 1.70. The van der Waals surface area contributed by atoms with Crippen LogP contribution in [-0.2, 0) is 11.3 Å². The van der Waals surface area contributed by atoms with E-state index < -0.39 is 6.04 Å². The fraction of sp³-hybridized carbons (Fsp3) is 0.143. The molecule has 1 atom stereocenters. The quantitative estimate of drug-likeness (QED) is 0.120. The predicted octanol–water partition coefficient (Wildman–Crippen LogP) is 6.75. The smallest absolute Gasteiger partial charge is 0.253 e. The molecule has 11 heteroatoms. The number of hydrogen-bond acceptors (Lipinski definition) is 7. The largest absolute Gasteiger partial charge is 0.342 e. The van der Waals surface area contributed by atoms with Crippen LogP contribution in [0.4, 0.5) is 17.1 Å². The number of carbonyl (C=O) groups excluding carboxylic acids is 2. The van der Waals surface area contributed by atoms with Gasteiger partial charge in [-0.25, -0.2) is 0 Å². The highest BCUT2D eigenvalue weighted by molar-refractivity contribution is 7.99. The lowest BCUT2D eigenvalue weighted by Crippen LogP contribution is -2.29. The number of amides is 2. The molecule has 0 spiro atoms. The number of hydrogen-bond donors (Lipinski definition) is 2. The SMILES string of the molecule is C=CCn1c(SCC(=O)Nc2ccc(N=Nc3ccccc3)cc2)nnc1[C@@H](C)NC(=O)c1ccccc1Cl. The molecule has 0 saturated heterocycles. The van der Waals surface area contributed by atoms with Gasteiger partial charge in [-0.05, 0) is 55.5 Å². The highest BCUT2D eigenvalue weighted by Crippen LogP contribution is 2.23. The normalized spacial score (nSPS) is 11.7. The maximum atomic E-state index is 12.7. The first-order valence-corrected chi connectivity index (χ1v) is 13.4. The van der Waals surface area contributed by atoms with Crippen molar-refractivity contribution in [2.45, 2.75) is 24.7 Å². The van der Waals surface area contributed by atoms with Crippen LogP contribution < -0.4 is 10.6 Å². The Kier molecular flexibility index (Phi) is 9.60. The number of benzene rings is 3. The van der Waals surface area contributed by atoms with E-state index in [0.29, 0.717) is 39.5 Å². The summed E-state index contributed by atoms with van der Waals surface area (Å²) >= 11 is 7.39. The number of aromatic nitrogens is 3. The van der Waals surface area contributed by atoms with Gasteiger partial charge in [-0.2, -0.15) is 10.2 Å². The molecule has 0 aliphatic rings. The summed E-state index contributed by atoms with van der Waals surface area (Å²) in [5.41, 5.74) is 2.45. The van der Waals surface area contributed by atoms with Crippen molar-refractivity contribution in [1.82, 2.24) is 20.1 Å². The molecular weight excluding hydrogens is 534 g/mol. The first-order valence-electron chi connectivity index (χ1n) is 12.0. The minimum absolute atomic E-state index is 0.116. The topological polar surface area (TPSA) is 114 Å². The van der Waals surface area contributed by atoms with Crippen LogP contribution in [0.3, 0.4) is 0 Å². The molecule has 198 valence electrons. The molecule has 0 unspecified atom stereocenters. The van der Waals surface area contributed by atoms with Gasteiger partial charge in [0.25, 0.3) is 5.91 Å². The molecule has 0 radical (unpaired) electrons. The van der Waals surface area contributed by atoms with Gasteiger partial charge in [0.15, 0.2) is 11.0 Å². The summed E-state index contributed by atoms with van der Waals surface area (Å²) in [4.78, 5) is 25.3. The first kappa shape index (κ1) is 27.7. The number of halogens is 1. The average Bonchev–Trinajstić information content (AvgIpc) is 3.35. The molecule has 0 aliphatic heterocycles. The number of anilines is 1. The third kappa shape index (κ3) is 7.62. The van der Waals surface area contributed by atoms with E-state index in [0.717, 1.165) is 5.69 Å². The van der Waals surface area contributed by atoms with E-state index in [2.05, 4.69) is 37.6 Å². The fourth-order valence-electron chi connectivity index (χ4n) is 3.56. The van der Waals surface area contributed by atoms with Gasteiger partial charge in [0.2, 0.25) is 5.91 Å². The third-order valence-electron chi connectivity index (χ3n) is 5.43. The van der Waals surface area contributed by atoms with Crippen LogP contribution in [0.15, 0.2) is 107 Å². The lowest BCUT2D eigenvalue weighted by atomic mass is 10.2. The van der Waals surface area contributed by atoms with Crippen molar-refractivity contribution < 1.29 is 9.59 Å². The van der Waals surface area contributed by atoms with Crippen LogP contribution in [-0.4, -0.2) is 32.3 Å². The molecular formula is C28H26ClN7O2S. The van der Waals surface area contributed by atoms with Crippen molar-refractivity contribution in [3.05, 3.63) is 108 Å². The van der Waals surface area contributed by atoms with Crippen LogP contribution in [0.2, 0.25) is 5.02 Å². The van der Waals surface area contributed by atoms with Gasteiger partial charge < -0.3 is 15.2 Å². The van der Waals surface area contributed by atoms with Gasteiger partial charge in [0, 0.05) is 12.2 Å². The molecule has 1 heterocycles. The van der Waals surface area contributed by atoms with Gasteiger partial charge in [-0.3, -0.25) is 9.59 Å². The van der Waals surface area contributed by atoms with Gasteiger partial charge in [0.05, 0.1) is 33.8 Å². The summed E-state index contributed by atoms with van der Waals surface area (Å²) in [7, 11) is 0. The zero-order valence-corrected chi connectivity index (χ0v) is 22.7. The summed E-state index contributed by atoms with van der Waals surface area (Å²) < 4.78 is 1.81. The Morgan fingerprint density at radius 2 is 1.67 bits per heavy atom. The molecule has 0 fully saturated rings. The first-order chi connectivity index (χ1) is 18.9. The van der Waals surface area contributed by atoms with Crippen molar-refractivity contribution in [1.29, 1.82) is 0 Å². The molecule has 4 rings (SSSR count). The lowest BCUT2D eigenvalue weighted by molar-refractivity contribution is -0.113. The standard InChI is InChI=1S/C28H26ClN7O2S/c1-3-17-36-26(19(2)30-27(38)23-11-7-8-12-24(23)29)34-35-28(36)39-18-25(37)31-20-13-15-22(16-14-20)33-32-21-9-5-4-6-10-21/h3-16,19H,1,17-18H2,2H3,(H,30,38)(H,31,37)/t19-/m1/s1. The summed E-state index contributed by atoms with van der Waals surface area (Å²) in [5.74, 6) is 0.139. The van der Waals surface area contributed by atoms with Crippen LogP contribution in [0, 0.1) is 0 Å². The van der Waals surface area contributed by atoms with Gasteiger partial charge in [0.1, 0.15) is 0 Å². The minimum atomic E-state index is -0.457. The minimum Gasteiger partial charge on any atom is -0.342 e. The number of nitrogens with zero attached hydrogens (tertiary/aromatic N) is 5. The van der Waals surface area contributed by atoms with Crippen LogP contribution in [0.1, 0.15) is 29.1 Å². The molecule has 1 aromatic heterocycles. The van der Waals surface area contributed by atoms with Crippen molar-refractivity contribution >= 4 is 52.2 Å². The summed E-state index contributed by atoms with van der Waals surface area (Å²) in [5, 5.41) is 23.6. The van der Waals surface area contributed by atoms with Gasteiger partial charge in [-0.15, -0.1) is 16.8 Å². The number of carbonyl (C=O) groups is 2. The predicted molar refractivity (Wildman–Crippen MR) is 154 cm³/mol. The van der Waals surface area contributed by atoms with E-state index in [9.17, 15) is 9.59 Å². The maximum absolute atomic E-state index is 12.7. The Morgan fingerprint density at radius 3 is 2.36 bits per heavy atom. The van der Waals surface area contributed by atoms with Crippen LogP contribution >= 0.6 is 23.4 Å². The highest BCUT2D eigenvalue weighted by Gasteiger charge is 2.21. The highest BCUT2D eigenvalue weighted by atomic mass is 35.5. The zero-order valence-electron chi connectivity index (χ0n) is 21.1.